The van der Waals surface area contributed by atoms with Gasteiger partial charge in [0, 0.05) is 25.0 Å². The first-order valence-corrected chi connectivity index (χ1v) is 8.81. The largest absolute Gasteiger partial charge is 0.497 e. The second-order valence-corrected chi connectivity index (χ2v) is 6.84. The Labute approximate surface area is 139 Å². The normalized spacial score (nSPS) is 25.0. The van der Waals surface area contributed by atoms with E-state index in [9.17, 15) is 4.79 Å². The lowest BCUT2D eigenvalue weighted by atomic mass is 10.0. The lowest BCUT2D eigenvalue weighted by Crippen LogP contribution is -2.47. The molecule has 2 fully saturated rings. The highest BCUT2D eigenvalue weighted by Crippen LogP contribution is 2.29. The minimum atomic E-state index is 0.315. The van der Waals surface area contributed by atoms with Crippen LogP contribution in [0.1, 0.15) is 37.7 Å². The van der Waals surface area contributed by atoms with E-state index in [1.54, 1.807) is 7.11 Å². The van der Waals surface area contributed by atoms with E-state index in [1.165, 1.54) is 31.4 Å². The highest BCUT2D eigenvalue weighted by molar-refractivity contribution is 5.77. The summed E-state index contributed by atoms with van der Waals surface area (Å²) in [6.45, 7) is 2.11. The van der Waals surface area contributed by atoms with Crippen molar-refractivity contribution < 1.29 is 9.53 Å². The minimum absolute atomic E-state index is 0.315. The lowest BCUT2D eigenvalue weighted by molar-refractivity contribution is -0.132. The van der Waals surface area contributed by atoms with Crippen molar-refractivity contribution in [3.05, 3.63) is 29.8 Å². The molecule has 2 heterocycles. The first-order chi connectivity index (χ1) is 11.2. The minimum Gasteiger partial charge on any atom is -0.497 e. The molecule has 0 saturated carbocycles. The fourth-order valence-corrected chi connectivity index (χ4v) is 4.15. The number of nitrogens with zero attached hydrogens (tertiary/aromatic N) is 2. The van der Waals surface area contributed by atoms with Crippen LogP contribution >= 0.6 is 0 Å². The van der Waals surface area contributed by atoms with Crippen LogP contribution in [0.4, 0.5) is 0 Å². The van der Waals surface area contributed by atoms with Gasteiger partial charge in [-0.05, 0) is 63.4 Å². The zero-order valence-corrected chi connectivity index (χ0v) is 14.3. The molecule has 2 aliphatic heterocycles. The Kier molecular flexibility index (Phi) is 5.21. The monoisotopic (exact) mass is 316 g/mol. The van der Waals surface area contributed by atoms with Crippen LogP contribution in [0.15, 0.2) is 24.3 Å². The van der Waals surface area contributed by atoms with Gasteiger partial charge in [-0.3, -0.25) is 4.79 Å². The molecule has 4 heteroatoms. The van der Waals surface area contributed by atoms with Crippen molar-refractivity contribution in [3.63, 3.8) is 0 Å². The van der Waals surface area contributed by atoms with Gasteiger partial charge in [-0.2, -0.15) is 0 Å². The number of benzene rings is 1. The first kappa shape index (κ1) is 16.3. The standard InChI is InChI=1S/C19H28N2O2/c1-20-12-4-8-17(20)18-9-5-13-21(18)19(22)11-10-15-6-3-7-16(14-15)23-2/h3,6-7,14,17-18H,4-5,8-13H2,1-2H3. The maximum absolute atomic E-state index is 12.7. The Hall–Kier alpha value is -1.55. The van der Waals surface area contributed by atoms with E-state index in [0.717, 1.165) is 25.1 Å². The van der Waals surface area contributed by atoms with E-state index in [4.69, 9.17) is 4.74 Å². The van der Waals surface area contributed by atoms with Crippen LogP contribution in [-0.4, -0.2) is 55.0 Å². The zero-order valence-electron chi connectivity index (χ0n) is 14.3. The van der Waals surface area contributed by atoms with E-state index < -0.39 is 0 Å². The number of methoxy groups -OCH3 is 1. The second kappa shape index (κ2) is 7.35. The van der Waals surface area contributed by atoms with Crippen LogP contribution in [0.5, 0.6) is 5.75 Å². The molecule has 1 aromatic rings. The molecule has 0 N–H and O–H groups in total. The van der Waals surface area contributed by atoms with Gasteiger partial charge < -0.3 is 14.5 Å². The molecule has 2 atom stereocenters. The topological polar surface area (TPSA) is 32.8 Å². The summed E-state index contributed by atoms with van der Waals surface area (Å²) in [6.07, 6.45) is 6.21. The van der Waals surface area contributed by atoms with Crippen molar-refractivity contribution in [2.75, 3.05) is 27.2 Å². The van der Waals surface area contributed by atoms with E-state index in [0.29, 0.717) is 24.4 Å². The molecule has 0 aromatic heterocycles. The highest BCUT2D eigenvalue weighted by Gasteiger charge is 2.37. The molecular formula is C19H28N2O2. The number of carbonyl (C=O) groups is 1. The molecule has 0 bridgehead atoms. The van der Waals surface area contributed by atoms with Gasteiger partial charge in [0.1, 0.15) is 5.75 Å². The van der Waals surface area contributed by atoms with E-state index in [2.05, 4.69) is 22.9 Å². The second-order valence-electron chi connectivity index (χ2n) is 6.84. The third-order valence-electron chi connectivity index (χ3n) is 5.40. The third-order valence-corrected chi connectivity index (χ3v) is 5.40. The maximum atomic E-state index is 12.7. The highest BCUT2D eigenvalue weighted by atomic mass is 16.5. The predicted octanol–water partition coefficient (Wildman–Crippen LogP) is 2.71. The Morgan fingerprint density at radius 2 is 2.00 bits per heavy atom. The molecule has 0 spiro atoms. The summed E-state index contributed by atoms with van der Waals surface area (Å²) in [4.78, 5) is 17.3. The number of likely N-dealkylation sites (tertiary alicyclic amines) is 2. The SMILES string of the molecule is COc1cccc(CCC(=O)N2CCCC2C2CCCN2C)c1. The molecule has 1 aromatic carbocycles. The Morgan fingerprint density at radius 1 is 1.22 bits per heavy atom. The van der Waals surface area contributed by atoms with E-state index in [-0.39, 0.29) is 0 Å². The molecule has 2 unspecified atom stereocenters. The average molecular weight is 316 g/mol. The van der Waals surface area contributed by atoms with Crippen molar-refractivity contribution in [2.24, 2.45) is 0 Å². The average Bonchev–Trinajstić information content (AvgIpc) is 3.21. The summed E-state index contributed by atoms with van der Waals surface area (Å²) < 4.78 is 5.26. The van der Waals surface area contributed by atoms with Crippen LogP contribution in [0.3, 0.4) is 0 Å². The van der Waals surface area contributed by atoms with E-state index in [1.807, 2.05) is 18.2 Å². The van der Waals surface area contributed by atoms with Crippen molar-refractivity contribution in [1.29, 1.82) is 0 Å². The molecule has 2 aliphatic rings. The number of carbonyl (C=O) groups excluding carboxylic acids is 1. The van der Waals surface area contributed by atoms with Gasteiger partial charge in [0.05, 0.1) is 7.11 Å². The number of aryl methyl sites for hydroxylation is 1. The van der Waals surface area contributed by atoms with Crippen LogP contribution < -0.4 is 4.74 Å². The molecule has 3 rings (SSSR count). The molecule has 126 valence electrons. The quantitative estimate of drug-likeness (QED) is 0.837. The smallest absolute Gasteiger partial charge is 0.223 e. The molecule has 23 heavy (non-hydrogen) atoms. The number of amides is 1. The Balaban J connectivity index is 1.58. The summed E-state index contributed by atoms with van der Waals surface area (Å²) in [5.41, 5.74) is 1.17. The van der Waals surface area contributed by atoms with Crippen molar-refractivity contribution in [1.82, 2.24) is 9.80 Å². The molecule has 1 amide bonds. The maximum Gasteiger partial charge on any atom is 0.223 e. The van der Waals surface area contributed by atoms with Crippen LogP contribution in [0.2, 0.25) is 0 Å². The van der Waals surface area contributed by atoms with Crippen LogP contribution in [0.25, 0.3) is 0 Å². The van der Waals surface area contributed by atoms with Crippen molar-refractivity contribution >= 4 is 5.91 Å². The van der Waals surface area contributed by atoms with Gasteiger partial charge in [-0.15, -0.1) is 0 Å². The van der Waals surface area contributed by atoms with Gasteiger partial charge in [-0.1, -0.05) is 12.1 Å². The Morgan fingerprint density at radius 3 is 2.74 bits per heavy atom. The van der Waals surface area contributed by atoms with Crippen molar-refractivity contribution in [2.45, 2.75) is 50.6 Å². The third kappa shape index (κ3) is 3.69. The number of ether oxygens (including phenoxy) is 1. The number of likely N-dealkylation sites (N-methyl/N-ethyl adjacent to an activating group) is 1. The number of hydrogen-bond donors (Lipinski definition) is 0. The van der Waals surface area contributed by atoms with Crippen molar-refractivity contribution in [3.8, 4) is 5.75 Å². The fraction of sp³-hybridized carbons (Fsp3) is 0.632. The summed E-state index contributed by atoms with van der Waals surface area (Å²) in [7, 11) is 3.88. The van der Waals surface area contributed by atoms with Gasteiger partial charge in [-0.25, -0.2) is 0 Å². The van der Waals surface area contributed by atoms with Crippen LogP contribution in [0, 0.1) is 0 Å². The molecule has 0 aliphatic carbocycles. The molecule has 2 saturated heterocycles. The van der Waals surface area contributed by atoms with Gasteiger partial charge in [0.25, 0.3) is 0 Å². The summed E-state index contributed by atoms with van der Waals surface area (Å²) >= 11 is 0. The first-order valence-electron chi connectivity index (χ1n) is 8.81. The summed E-state index contributed by atoms with van der Waals surface area (Å²) in [5, 5.41) is 0. The lowest BCUT2D eigenvalue weighted by Gasteiger charge is -2.33. The fourth-order valence-electron chi connectivity index (χ4n) is 4.15. The summed E-state index contributed by atoms with van der Waals surface area (Å²) in [5.74, 6) is 1.18. The molecule has 4 nitrogen and oxygen atoms in total. The number of rotatable bonds is 5. The van der Waals surface area contributed by atoms with Gasteiger partial charge >= 0.3 is 0 Å². The zero-order chi connectivity index (χ0) is 16.2. The van der Waals surface area contributed by atoms with E-state index >= 15 is 0 Å². The molecule has 0 radical (unpaired) electrons. The van der Waals surface area contributed by atoms with Gasteiger partial charge in [0.2, 0.25) is 5.91 Å². The Bertz CT molecular complexity index is 546. The van der Waals surface area contributed by atoms with Gasteiger partial charge in [0.15, 0.2) is 0 Å². The van der Waals surface area contributed by atoms with Crippen LogP contribution in [-0.2, 0) is 11.2 Å². The molecular weight excluding hydrogens is 288 g/mol. The number of hydrogen-bond acceptors (Lipinski definition) is 3. The predicted molar refractivity (Wildman–Crippen MR) is 91.7 cm³/mol. The summed E-state index contributed by atoms with van der Waals surface area (Å²) in [6, 6.07) is 9.03.